The van der Waals surface area contributed by atoms with Crippen LogP contribution < -0.4 is 18.1 Å². The number of hydrogen-bond acceptors (Lipinski definition) is 7. The first-order valence-corrected chi connectivity index (χ1v) is 21.4. The van der Waals surface area contributed by atoms with Gasteiger partial charge in [0, 0.05) is 35.1 Å². The zero-order chi connectivity index (χ0) is 38.4. The van der Waals surface area contributed by atoms with E-state index in [0.29, 0.717) is 12.8 Å². The topological polar surface area (TPSA) is 68.3 Å². The fourth-order valence-corrected chi connectivity index (χ4v) is 10.2. The molecule has 0 N–H and O–H groups in total. The highest BCUT2D eigenvalue weighted by Gasteiger charge is 2.29. The molecule has 0 saturated carbocycles. The van der Waals surface area contributed by atoms with Crippen LogP contribution in [0.2, 0.25) is 0 Å². The van der Waals surface area contributed by atoms with Gasteiger partial charge < -0.3 is 18.1 Å². The van der Waals surface area contributed by atoms with Crippen LogP contribution >= 0.6 is 17.2 Å². The van der Waals surface area contributed by atoms with E-state index in [9.17, 15) is 0 Å². The van der Waals surface area contributed by atoms with Crippen molar-refractivity contribution in [1.82, 2.24) is 4.98 Å². The summed E-state index contributed by atoms with van der Waals surface area (Å²) in [5.41, 5.74) is 5.88. The van der Waals surface area contributed by atoms with Gasteiger partial charge in [0.05, 0.1) is 24.6 Å². The average molecular weight is 796 g/mol. The van der Waals surface area contributed by atoms with Gasteiger partial charge in [-0.3, -0.25) is 14.0 Å². The van der Waals surface area contributed by atoms with Gasteiger partial charge in [0.1, 0.15) is 23.0 Å². The van der Waals surface area contributed by atoms with Crippen LogP contribution in [0.3, 0.4) is 0 Å². The van der Waals surface area contributed by atoms with Crippen LogP contribution in [0.1, 0.15) is 33.6 Å². The summed E-state index contributed by atoms with van der Waals surface area (Å²) in [6.07, 6.45) is 1.33. The molecular weight excluding hydrogens is 760 g/mol. The first-order valence-electron chi connectivity index (χ1n) is 19.3. The molecule has 9 aromatic rings. The molecule has 0 aliphatic carbocycles. The average Bonchev–Trinajstić information content (AvgIpc) is 3.25. The summed E-state index contributed by atoms with van der Waals surface area (Å²) in [7, 11) is -3.68. The van der Waals surface area contributed by atoms with Crippen molar-refractivity contribution in [2.45, 2.75) is 26.1 Å². The summed E-state index contributed by atoms with van der Waals surface area (Å²) in [5, 5.41) is 9.25. The fourth-order valence-electron chi connectivity index (χ4n) is 8.08. The second-order valence-electron chi connectivity index (χ2n) is 14.4. The normalized spacial score (nSPS) is 14.1. The van der Waals surface area contributed by atoms with Gasteiger partial charge in [-0.05, 0) is 79.5 Å². The van der Waals surface area contributed by atoms with Gasteiger partial charge in [-0.25, -0.2) is 0 Å². The molecule has 8 aromatic carbocycles. The standard InChI is InChI=1S/C49H35NO6P2/c1-5-16-38-32(10-1)20-24-46-42(38)28-43-39-17-6-2-11-33(39)21-25-47(43)54-57(53-46)51-30-36-14-9-15-37(50-36)31-52-58-55-48-26-22-34-12-3-7-18-40(34)44(48)29-45-41-19-8-4-13-35(41)23-27-49(45)56-58/h1-27H,28-31H2. The third kappa shape index (κ3) is 6.66. The Bertz CT molecular complexity index is 2650. The molecule has 282 valence electrons. The molecule has 0 unspecified atom stereocenters. The number of aromatic nitrogens is 1. The molecule has 0 amide bonds. The first kappa shape index (κ1) is 35.1. The molecule has 58 heavy (non-hydrogen) atoms. The third-order valence-corrected chi connectivity index (χ3v) is 13.0. The highest BCUT2D eigenvalue weighted by atomic mass is 31.2. The molecule has 9 heteroatoms. The van der Waals surface area contributed by atoms with E-state index in [4.69, 9.17) is 32.1 Å². The Kier molecular flexibility index (Phi) is 9.10. The molecule has 0 bridgehead atoms. The molecule has 3 heterocycles. The molecule has 0 saturated heterocycles. The Morgan fingerprint density at radius 1 is 0.362 bits per heavy atom. The second-order valence-corrected chi connectivity index (χ2v) is 16.5. The maximum atomic E-state index is 6.56. The van der Waals surface area contributed by atoms with Crippen molar-refractivity contribution in [3.05, 3.63) is 197 Å². The summed E-state index contributed by atoms with van der Waals surface area (Å²) in [6.45, 7) is 0.349. The minimum atomic E-state index is -1.84. The number of rotatable bonds is 6. The summed E-state index contributed by atoms with van der Waals surface area (Å²) < 4.78 is 39.1. The quantitative estimate of drug-likeness (QED) is 0.155. The van der Waals surface area contributed by atoms with E-state index in [0.717, 1.165) is 99.7 Å². The molecule has 1 aromatic heterocycles. The smallest absolute Gasteiger partial charge is 0.417 e. The Morgan fingerprint density at radius 2 is 0.672 bits per heavy atom. The summed E-state index contributed by atoms with van der Waals surface area (Å²) >= 11 is 0. The lowest BCUT2D eigenvalue weighted by atomic mass is 9.93. The molecule has 0 radical (unpaired) electrons. The molecule has 11 rings (SSSR count). The van der Waals surface area contributed by atoms with Crippen molar-refractivity contribution in [1.29, 1.82) is 0 Å². The predicted molar refractivity (Wildman–Crippen MR) is 232 cm³/mol. The molecule has 0 fully saturated rings. The lowest BCUT2D eigenvalue weighted by molar-refractivity contribution is 0.244. The zero-order valence-electron chi connectivity index (χ0n) is 31.2. The van der Waals surface area contributed by atoms with Crippen molar-refractivity contribution in [2.75, 3.05) is 0 Å². The molecule has 0 spiro atoms. The molecule has 0 atom stereocenters. The van der Waals surface area contributed by atoms with Crippen molar-refractivity contribution in [3.8, 4) is 23.0 Å². The highest BCUT2D eigenvalue weighted by Crippen LogP contribution is 2.51. The second kappa shape index (κ2) is 15.0. The van der Waals surface area contributed by atoms with E-state index in [-0.39, 0.29) is 13.2 Å². The number of fused-ring (bicyclic) bond motifs is 12. The summed E-state index contributed by atoms with van der Waals surface area (Å²) in [6, 6.07) is 55.9. The van der Waals surface area contributed by atoms with E-state index < -0.39 is 17.2 Å². The number of hydrogen-bond donors (Lipinski definition) is 0. The van der Waals surface area contributed by atoms with Crippen LogP contribution in [-0.2, 0) is 35.1 Å². The molecule has 2 aliphatic rings. The summed E-state index contributed by atoms with van der Waals surface area (Å²) in [4.78, 5) is 4.91. The number of benzene rings is 8. The minimum Gasteiger partial charge on any atom is -0.417 e. The fraction of sp³-hybridized carbons (Fsp3) is 0.0816. The van der Waals surface area contributed by atoms with E-state index >= 15 is 0 Å². The van der Waals surface area contributed by atoms with Gasteiger partial charge >= 0.3 is 17.2 Å². The van der Waals surface area contributed by atoms with Crippen molar-refractivity contribution in [2.24, 2.45) is 0 Å². The van der Waals surface area contributed by atoms with E-state index in [2.05, 4.69) is 121 Å². The Balaban J connectivity index is 0.858. The van der Waals surface area contributed by atoms with Crippen molar-refractivity contribution >= 4 is 60.3 Å². The molecule has 7 nitrogen and oxygen atoms in total. The minimum absolute atomic E-state index is 0.175. The van der Waals surface area contributed by atoms with Gasteiger partial charge in [0.2, 0.25) is 0 Å². The van der Waals surface area contributed by atoms with Crippen LogP contribution in [0.15, 0.2) is 164 Å². The van der Waals surface area contributed by atoms with Gasteiger partial charge in [-0.2, -0.15) is 0 Å². The van der Waals surface area contributed by atoms with Crippen LogP contribution in [-0.4, -0.2) is 4.98 Å². The SMILES string of the molecule is c1cc(COP2Oc3ccc4ccccc4c3Cc3c(ccc4ccccc34)O2)nc(COP2Oc3ccc4ccccc4c3Cc3c(ccc4ccccc34)O2)c1. The van der Waals surface area contributed by atoms with Crippen molar-refractivity contribution in [3.63, 3.8) is 0 Å². The molecular formula is C49H35NO6P2. The maximum Gasteiger partial charge on any atom is 0.463 e. The van der Waals surface area contributed by atoms with E-state index in [1.807, 2.05) is 42.5 Å². The number of pyridine rings is 1. The Labute approximate surface area is 337 Å². The van der Waals surface area contributed by atoms with Crippen LogP contribution in [0, 0.1) is 0 Å². The summed E-state index contributed by atoms with van der Waals surface area (Å²) in [5.74, 6) is 3.02. The lowest BCUT2D eigenvalue weighted by Gasteiger charge is -2.25. The Morgan fingerprint density at radius 3 is 1.00 bits per heavy atom. The third-order valence-electron chi connectivity index (χ3n) is 10.9. The van der Waals surface area contributed by atoms with Gasteiger partial charge in [0.15, 0.2) is 0 Å². The van der Waals surface area contributed by atoms with Gasteiger partial charge in [-0.15, -0.1) is 0 Å². The van der Waals surface area contributed by atoms with E-state index in [1.54, 1.807) is 0 Å². The van der Waals surface area contributed by atoms with Gasteiger partial charge in [-0.1, -0.05) is 127 Å². The number of nitrogens with zero attached hydrogens (tertiary/aromatic N) is 1. The molecule has 2 aliphatic heterocycles. The lowest BCUT2D eigenvalue weighted by Crippen LogP contribution is -2.09. The Hall–Kier alpha value is -6.07. The van der Waals surface area contributed by atoms with Crippen LogP contribution in [0.4, 0.5) is 0 Å². The zero-order valence-corrected chi connectivity index (χ0v) is 33.0. The van der Waals surface area contributed by atoms with Crippen LogP contribution in [0.5, 0.6) is 23.0 Å². The predicted octanol–water partition coefficient (Wildman–Crippen LogP) is 13.3. The first-order chi connectivity index (χ1) is 28.7. The monoisotopic (exact) mass is 795 g/mol. The van der Waals surface area contributed by atoms with Crippen LogP contribution in [0.25, 0.3) is 43.1 Å². The maximum absolute atomic E-state index is 6.56. The van der Waals surface area contributed by atoms with Crippen molar-refractivity contribution < 1.29 is 27.1 Å². The highest BCUT2D eigenvalue weighted by molar-refractivity contribution is 7.42. The van der Waals surface area contributed by atoms with Gasteiger partial charge in [0.25, 0.3) is 0 Å². The van der Waals surface area contributed by atoms with E-state index in [1.165, 1.54) is 0 Å². The largest absolute Gasteiger partial charge is 0.463 e.